The zero-order valence-electron chi connectivity index (χ0n) is 15.5. The van der Waals surface area contributed by atoms with Gasteiger partial charge < -0.3 is 14.8 Å². The number of aryl methyl sites for hydroxylation is 1. The Balaban J connectivity index is 0.00000232. The first-order chi connectivity index (χ1) is 11.3. The molecule has 0 saturated heterocycles. The molecule has 0 amide bonds. The summed E-state index contributed by atoms with van der Waals surface area (Å²) in [5.41, 5.74) is 0.931. The van der Waals surface area contributed by atoms with Gasteiger partial charge in [0.2, 0.25) is 0 Å². The van der Waals surface area contributed by atoms with E-state index in [1.54, 1.807) is 4.68 Å². The molecule has 1 rings (SSSR count). The summed E-state index contributed by atoms with van der Waals surface area (Å²) in [5, 5.41) is 11.3. The van der Waals surface area contributed by atoms with Crippen LogP contribution in [0.2, 0.25) is 0 Å². The van der Waals surface area contributed by atoms with Gasteiger partial charge in [-0.25, -0.2) is 4.68 Å². The number of nitrogens with one attached hydrogen (secondary N) is 1. The Morgan fingerprint density at radius 3 is 2.39 bits per heavy atom. The maximum absolute atomic E-state index is 5.50. The van der Waals surface area contributed by atoms with Crippen LogP contribution in [-0.2, 0) is 16.0 Å². The van der Waals surface area contributed by atoms with Gasteiger partial charge in [-0.15, -0.1) is 5.10 Å². The van der Waals surface area contributed by atoms with Gasteiger partial charge in [0.1, 0.15) is 0 Å². The zero-order valence-corrected chi connectivity index (χ0v) is 15.5. The Labute approximate surface area is 141 Å². The first-order valence-electron chi connectivity index (χ1n) is 9.06. The van der Waals surface area contributed by atoms with Crippen molar-refractivity contribution in [1.82, 2.24) is 20.3 Å². The predicted octanol–water partition coefficient (Wildman–Crippen LogP) is 2.82. The van der Waals surface area contributed by atoms with Crippen LogP contribution >= 0.6 is 0 Å². The lowest BCUT2D eigenvalue weighted by Gasteiger charge is -2.07. The van der Waals surface area contributed by atoms with Gasteiger partial charge in [0, 0.05) is 12.7 Å². The highest BCUT2D eigenvalue weighted by atomic mass is 16.5. The van der Waals surface area contributed by atoms with Crippen LogP contribution < -0.4 is 5.32 Å². The van der Waals surface area contributed by atoms with E-state index in [0.717, 1.165) is 31.9 Å². The molecule has 0 aliphatic carbocycles. The third-order valence-electron chi connectivity index (χ3n) is 3.12. The molecule has 1 aromatic rings. The van der Waals surface area contributed by atoms with Gasteiger partial charge in [0.05, 0.1) is 38.7 Å². The molecule has 23 heavy (non-hydrogen) atoms. The van der Waals surface area contributed by atoms with Crippen molar-refractivity contribution in [3.63, 3.8) is 0 Å². The van der Waals surface area contributed by atoms with Crippen molar-refractivity contribution in [2.24, 2.45) is 0 Å². The highest BCUT2D eigenvalue weighted by molar-refractivity contribution is 4.86. The number of nitrogens with zero attached hydrogens (tertiary/aromatic N) is 3. The van der Waals surface area contributed by atoms with Crippen LogP contribution in [0.1, 0.15) is 52.1 Å². The van der Waals surface area contributed by atoms with Crippen LogP contribution in [0.15, 0.2) is 6.20 Å². The van der Waals surface area contributed by atoms with E-state index >= 15 is 0 Å². The fourth-order valence-electron chi connectivity index (χ4n) is 1.93. The summed E-state index contributed by atoms with van der Waals surface area (Å²) in [5.74, 6) is 0. The van der Waals surface area contributed by atoms with Crippen molar-refractivity contribution < 1.29 is 9.47 Å². The van der Waals surface area contributed by atoms with Gasteiger partial charge in [-0.2, -0.15) is 0 Å². The van der Waals surface area contributed by atoms with E-state index in [4.69, 9.17) is 9.47 Å². The molecule has 6 nitrogen and oxygen atoms in total. The van der Waals surface area contributed by atoms with E-state index in [1.165, 1.54) is 25.7 Å². The van der Waals surface area contributed by atoms with Crippen LogP contribution in [0.4, 0.5) is 0 Å². The van der Waals surface area contributed by atoms with Crippen LogP contribution in [-0.4, -0.2) is 54.5 Å². The Hall–Kier alpha value is -0.980. The summed E-state index contributed by atoms with van der Waals surface area (Å²) < 4.78 is 12.8. The quantitative estimate of drug-likeness (QED) is 0.532. The van der Waals surface area contributed by atoms with E-state index in [0.29, 0.717) is 19.8 Å². The van der Waals surface area contributed by atoms with Gasteiger partial charge in [-0.1, -0.05) is 45.2 Å². The third-order valence-corrected chi connectivity index (χ3v) is 3.12. The molecule has 0 aromatic carbocycles. The lowest BCUT2D eigenvalue weighted by Crippen LogP contribution is -2.21. The average molecular weight is 329 g/mol. The summed E-state index contributed by atoms with van der Waals surface area (Å²) >= 11 is 0. The Kier molecular flexibility index (Phi) is 16.6. The average Bonchev–Trinajstić information content (AvgIpc) is 2.99. The maximum Gasteiger partial charge on any atom is 0.0796 e. The van der Waals surface area contributed by atoms with Crippen LogP contribution in [0.3, 0.4) is 0 Å². The van der Waals surface area contributed by atoms with Crippen molar-refractivity contribution in [1.29, 1.82) is 0 Å². The smallest absolute Gasteiger partial charge is 0.0796 e. The standard InChI is InChI=1S/C15H30N4O2.C2H6/c1-3-4-5-6-7-16-8-10-20-12-13-21-11-9-19-14-15(2)17-18-19;1-2/h14,16H,3-13H2,1-2H3;1-2H3. The molecular weight excluding hydrogens is 292 g/mol. The van der Waals surface area contributed by atoms with E-state index in [2.05, 4.69) is 22.6 Å². The minimum atomic E-state index is 0.629. The third kappa shape index (κ3) is 14.3. The van der Waals surface area contributed by atoms with Gasteiger partial charge in [0.25, 0.3) is 0 Å². The first-order valence-corrected chi connectivity index (χ1v) is 9.06. The predicted molar refractivity (Wildman–Crippen MR) is 94.8 cm³/mol. The number of unbranched alkanes of at least 4 members (excludes halogenated alkanes) is 3. The van der Waals surface area contributed by atoms with Crippen LogP contribution in [0.5, 0.6) is 0 Å². The number of hydrogen-bond acceptors (Lipinski definition) is 5. The topological polar surface area (TPSA) is 61.2 Å². The van der Waals surface area contributed by atoms with Crippen LogP contribution in [0.25, 0.3) is 0 Å². The highest BCUT2D eigenvalue weighted by Crippen LogP contribution is 1.96. The number of hydrogen-bond donors (Lipinski definition) is 1. The summed E-state index contributed by atoms with van der Waals surface area (Å²) in [6.07, 6.45) is 7.12. The lowest BCUT2D eigenvalue weighted by atomic mass is 10.2. The molecule has 0 spiro atoms. The Morgan fingerprint density at radius 1 is 1.00 bits per heavy atom. The monoisotopic (exact) mass is 328 g/mol. The highest BCUT2D eigenvalue weighted by Gasteiger charge is 1.95. The molecule has 0 saturated carbocycles. The maximum atomic E-state index is 5.50. The minimum absolute atomic E-state index is 0.629. The SMILES string of the molecule is CC.CCCCCCNCCOCCOCCn1cc(C)nn1. The second-order valence-corrected chi connectivity index (χ2v) is 5.16. The van der Waals surface area contributed by atoms with Crippen molar-refractivity contribution in [3.05, 3.63) is 11.9 Å². The molecule has 1 heterocycles. The van der Waals surface area contributed by atoms with E-state index < -0.39 is 0 Å². The lowest BCUT2D eigenvalue weighted by molar-refractivity contribution is 0.0449. The molecular formula is C17H36N4O2. The van der Waals surface area contributed by atoms with E-state index in [9.17, 15) is 0 Å². The second kappa shape index (κ2) is 17.4. The molecule has 0 bridgehead atoms. The first kappa shape index (κ1) is 22.0. The summed E-state index contributed by atoms with van der Waals surface area (Å²) in [4.78, 5) is 0. The van der Waals surface area contributed by atoms with Crippen LogP contribution in [0, 0.1) is 6.92 Å². The fraction of sp³-hybridized carbons (Fsp3) is 0.882. The molecule has 6 heteroatoms. The molecule has 0 atom stereocenters. The van der Waals surface area contributed by atoms with E-state index in [-0.39, 0.29) is 0 Å². The molecule has 1 N–H and O–H groups in total. The summed E-state index contributed by atoms with van der Waals surface area (Å²) in [6, 6.07) is 0. The molecule has 0 unspecified atom stereocenters. The van der Waals surface area contributed by atoms with Crippen molar-refractivity contribution in [2.75, 3.05) is 39.5 Å². The summed E-state index contributed by atoms with van der Waals surface area (Å²) in [7, 11) is 0. The molecule has 0 aliphatic rings. The molecule has 1 aromatic heterocycles. The molecule has 0 aliphatic heterocycles. The minimum Gasteiger partial charge on any atom is -0.378 e. The molecule has 136 valence electrons. The van der Waals surface area contributed by atoms with Gasteiger partial charge in [0.15, 0.2) is 0 Å². The molecule has 0 fully saturated rings. The Morgan fingerprint density at radius 2 is 1.74 bits per heavy atom. The van der Waals surface area contributed by atoms with Gasteiger partial charge in [-0.05, 0) is 19.9 Å². The van der Waals surface area contributed by atoms with Gasteiger partial charge >= 0.3 is 0 Å². The number of aromatic nitrogens is 3. The second-order valence-electron chi connectivity index (χ2n) is 5.16. The van der Waals surface area contributed by atoms with Crippen molar-refractivity contribution in [3.8, 4) is 0 Å². The van der Waals surface area contributed by atoms with E-state index in [1.807, 2.05) is 27.0 Å². The molecule has 0 radical (unpaired) electrons. The zero-order chi connectivity index (χ0) is 17.2. The summed E-state index contributed by atoms with van der Waals surface area (Å²) in [6.45, 7) is 13.6. The normalized spacial score (nSPS) is 10.4. The largest absolute Gasteiger partial charge is 0.378 e. The Bertz CT molecular complexity index is 345. The number of rotatable bonds is 14. The van der Waals surface area contributed by atoms with Crippen molar-refractivity contribution in [2.45, 2.75) is 59.9 Å². The van der Waals surface area contributed by atoms with Gasteiger partial charge in [-0.3, -0.25) is 0 Å². The van der Waals surface area contributed by atoms with Crippen molar-refractivity contribution >= 4 is 0 Å². The number of ether oxygens (including phenoxy) is 2. The fourth-order valence-corrected chi connectivity index (χ4v) is 1.93.